The molecule has 3 amide bonds. The SMILES string of the molecule is CC(C)[C@H](NC(=O)c1ccco1)C(=O)N(C)CC(=O)Nc1ccc(Cl)c(Cl)c1. The van der Waals surface area contributed by atoms with E-state index in [4.69, 9.17) is 27.6 Å². The van der Waals surface area contributed by atoms with Gasteiger partial charge in [-0.15, -0.1) is 0 Å². The van der Waals surface area contributed by atoms with Crippen LogP contribution in [0.1, 0.15) is 24.4 Å². The number of halogens is 2. The molecule has 0 saturated carbocycles. The van der Waals surface area contributed by atoms with Gasteiger partial charge < -0.3 is 20.0 Å². The molecule has 1 aromatic heterocycles. The van der Waals surface area contributed by atoms with Gasteiger partial charge >= 0.3 is 0 Å². The quantitative estimate of drug-likeness (QED) is 0.710. The van der Waals surface area contributed by atoms with E-state index in [0.717, 1.165) is 0 Å². The second-order valence-corrected chi connectivity index (χ2v) is 7.36. The van der Waals surface area contributed by atoms with Crippen molar-refractivity contribution in [3.63, 3.8) is 0 Å². The fourth-order valence-corrected chi connectivity index (χ4v) is 2.74. The predicted octanol–water partition coefficient (Wildman–Crippen LogP) is 3.44. The number of likely N-dealkylation sites (N-methyl/N-ethyl adjacent to an activating group) is 1. The maximum atomic E-state index is 12.7. The minimum Gasteiger partial charge on any atom is -0.459 e. The highest BCUT2D eigenvalue weighted by Gasteiger charge is 2.28. The second kappa shape index (κ2) is 9.61. The zero-order valence-electron chi connectivity index (χ0n) is 15.7. The van der Waals surface area contributed by atoms with Crippen LogP contribution in [0.25, 0.3) is 0 Å². The largest absolute Gasteiger partial charge is 0.459 e. The van der Waals surface area contributed by atoms with Crippen LogP contribution in [0, 0.1) is 5.92 Å². The Hall–Kier alpha value is -2.51. The average Bonchev–Trinajstić information content (AvgIpc) is 3.16. The molecule has 2 N–H and O–H groups in total. The zero-order chi connectivity index (χ0) is 20.8. The van der Waals surface area contributed by atoms with Crippen LogP contribution in [0.15, 0.2) is 41.0 Å². The van der Waals surface area contributed by atoms with Crippen LogP contribution in [0.4, 0.5) is 5.69 Å². The molecule has 2 aromatic rings. The van der Waals surface area contributed by atoms with E-state index < -0.39 is 17.9 Å². The molecular formula is C19H21Cl2N3O4. The monoisotopic (exact) mass is 425 g/mol. The van der Waals surface area contributed by atoms with Crippen molar-refractivity contribution in [2.75, 3.05) is 18.9 Å². The molecule has 2 rings (SSSR count). The van der Waals surface area contributed by atoms with E-state index in [-0.39, 0.29) is 24.1 Å². The highest BCUT2D eigenvalue weighted by Crippen LogP contribution is 2.24. The number of carbonyl (C=O) groups excluding carboxylic acids is 3. The number of furan rings is 1. The van der Waals surface area contributed by atoms with Crippen molar-refractivity contribution in [3.05, 3.63) is 52.4 Å². The molecule has 1 aromatic carbocycles. The molecule has 9 heteroatoms. The minimum atomic E-state index is -0.805. The molecule has 1 atom stereocenters. The van der Waals surface area contributed by atoms with Crippen molar-refractivity contribution in [1.82, 2.24) is 10.2 Å². The van der Waals surface area contributed by atoms with E-state index in [2.05, 4.69) is 10.6 Å². The third kappa shape index (κ3) is 5.74. The lowest BCUT2D eigenvalue weighted by atomic mass is 10.0. The number of nitrogens with one attached hydrogen (secondary N) is 2. The molecule has 0 aliphatic carbocycles. The summed E-state index contributed by atoms with van der Waals surface area (Å²) in [5.41, 5.74) is 0.465. The summed E-state index contributed by atoms with van der Waals surface area (Å²) in [4.78, 5) is 38.4. The van der Waals surface area contributed by atoms with Crippen LogP contribution in [0.2, 0.25) is 10.0 Å². The Morgan fingerprint density at radius 2 is 1.86 bits per heavy atom. The fourth-order valence-electron chi connectivity index (χ4n) is 2.44. The number of nitrogens with zero attached hydrogens (tertiary/aromatic N) is 1. The van der Waals surface area contributed by atoms with Crippen LogP contribution in [-0.2, 0) is 9.59 Å². The van der Waals surface area contributed by atoms with Crippen LogP contribution in [0.5, 0.6) is 0 Å². The van der Waals surface area contributed by atoms with E-state index in [0.29, 0.717) is 15.7 Å². The number of amides is 3. The number of hydrogen-bond acceptors (Lipinski definition) is 4. The predicted molar refractivity (Wildman–Crippen MR) is 108 cm³/mol. The van der Waals surface area contributed by atoms with Gasteiger partial charge in [0.05, 0.1) is 22.9 Å². The van der Waals surface area contributed by atoms with Crippen molar-refractivity contribution < 1.29 is 18.8 Å². The molecule has 0 saturated heterocycles. The first-order valence-electron chi connectivity index (χ1n) is 8.53. The van der Waals surface area contributed by atoms with Crippen molar-refractivity contribution in [2.24, 2.45) is 5.92 Å². The van der Waals surface area contributed by atoms with Crippen molar-refractivity contribution in [3.8, 4) is 0 Å². The van der Waals surface area contributed by atoms with Gasteiger partial charge in [-0.1, -0.05) is 37.0 Å². The van der Waals surface area contributed by atoms with Gasteiger partial charge in [0.15, 0.2) is 5.76 Å². The summed E-state index contributed by atoms with van der Waals surface area (Å²) in [6.45, 7) is 3.40. The lowest BCUT2D eigenvalue weighted by Crippen LogP contribution is -2.51. The van der Waals surface area contributed by atoms with E-state index in [9.17, 15) is 14.4 Å². The summed E-state index contributed by atoms with van der Waals surface area (Å²) in [5, 5.41) is 5.98. The lowest BCUT2D eigenvalue weighted by Gasteiger charge is -2.26. The summed E-state index contributed by atoms with van der Waals surface area (Å²) in [5.74, 6) is -1.37. The summed E-state index contributed by atoms with van der Waals surface area (Å²) in [6, 6.07) is 6.97. The molecule has 0 radical (unpaired) electrons. The van der Waals surface area contributed by atoms with E-state index in [1.54, 1.807) is 32.0 Å². The molecule has 0 spiro atoms. The normalized spacial score (nSPS) is 11.8. The van der Waals surface area contributed by atoms with Gasteiger partial charge in [0.1, 0.15) is 6.04 Å². The first-order valence-corrected chi connectivity index (χ1v) is 9.29. The third-order valence-corrected chi connectivity index (χ3v) is 4.66. The Morgan fingerprint density at radius 1 is 1.14 bits per heavy atom. The highest BCUT2D eigenvalue weighted by molar-refractivity contribution is 6.42. The van der Waals surface area contributed by atoms with Gasteiger partial charge in [-0.2, -0.15) is 0 Å². The zero-order valence-corrected chi connectivity index (χ0v) is 17.2. The fraction of sp³-hybridized carbons (Fsp3) is 0.316. The number of anilines is 1. The topological polar surface area (TPSA) is 91.7 Å². The second-order valence-electron chi connectivity index (χ2n) is 6.54. The highest BCUT2D eigenvalue weighted by atomic mass is 35.5. The molecule has 28 heavy (non-hydrogen) atoms. The lowest BCUT2D eigenvalue weighted by molar-refractivity contribution is -0.135. The summed E-state index contributed by atoms with van der Waals surface area (Å²) < 4.78 is 5.04. The minimum absolute atomic E-state index is 0.110. The van der Waals surface area contributed by atoms with Crippen molar-refractivity contribution >= 4 is 46.6 Å². The van der Waals surface area contributed by atoms with Crippen LogP contribution >= 0.6 is 23.2 Å². The van der Waals surface area contributed by atoms with Gasteiger partial charge in [0, 0.05) is 12.7 Å². The van der Waals surface area contributed by atoms with E-state index >= 15 is 0 Å². The molecular weight excluding hydrogens is 405 g/mol. The molecule has 0 aliphatic rings. The number of hydrogen-bond donors (Lipinski definition) is 2. The molecule has 0 bridgehead atoms. The van der Waals surface area contributed by atoms with Gasteiger partial charge in [-0.05, 0) is 36.2 Å². The van der Waals surface area contributed by atoms with Gasteiger partial charge in [0.25, 0.3) is 5.91 Å². The van der Waals surface area contributed by atoms with E-state index in [1.807, 2.05) is 0 Å². The molecule has 1 heterocycles. The number of benzene rings is 1. The molecule has 0 fully saturated rings. The smallest absolute Gasteiger partial charge is 0.287 e. The Morgan fingerprint density at radius 3 is 2.43 bits per heavy atom. The van der Waals surface area contributed by atoms with Crippen LogP contribution in [0.3, 0.4) is 0 Å². The standard InChI is InChI=1S/C19H21Cl2N3O4/c1-11(2)17(23-18(26)15-5-4-8-28-15)19(27)24(3)10-16(25)22-12-6-7-13(20)14(21)9-12/h4-9,11,17H,10H2,1-3H3,(H,22,25)(H,23,26)/t17-/m0/s1. The van der Waals surface area contributed by atoms with Gasteiger partial charge in [0.2, 0.25) is 11.8 Å². The Kier molecular flexibility index (Phi) is 7.48. The number of carbonyl (C=O) groups is 3. The van der Waals surface area contributed by atoms with Crippen molar-refractivity contribution in [1.29, 1.82) is 0 Å². The maximum absolute atomic E-state index is 12.7. The Labute approximate surface area is 173 Å². The summed E-state index contributed by atoms with van der Waals surface area (Å²) >= 11 is 11.8. The third-order valence-electron chi connectivity index (χ3n) is 3.92. The van der Waals surface area contributed by atoms with Gasteiger partial charge in [-0.3, -0.25) is 14.4 Å². The van der Waals surface area contributed by atoms with Gasteiger partial charge in [-0.25, -0.2) is 0 Å². The molecule has 0 unspecified atom stereocenters. The average molecular weight is 426 g/mol. The van der Waals surface area contributed by atoms with Crippen molar-refractivity contribution in [2.45, 2.75) is 19.9 Å². The first-order chi connectivity index (χ1) is 13.2. The first kappa shape index (κ1) is 21.8. The van der Waals surface area contributed by atoms with Crippen LogP contribution < -0.4 is 10.6 Å². The maximum Gasteiger partial charge on any atom is 0.287 e. The molecule has 150 valence electrons. The summed E-state index contributed by atoms with van der Waals surface area (Å²) in [7, 11) is 1.49. The molecule has 7 nitrogen and oxygen atoms in total. The van der Waals surface area contributed by atoms with E-state index in [1.165, 1.54) is 30.3 Å². The Balaban J connectivity index is 1.98. The van der Waals surface area contributed by atoms with Crippen LogP contribution in [-0.4, -0.2) is 42.3 Å². The number of rotatable bonds is 7. The molecule has 0 aliphatic heterocycles. The summed E-state index contributed by atoms with van der Waals surface area (Å²) in [6.07, 6.45) is 1.38. The Bertz CT molecular complexity index is 853.